The van der Waals surface area contributed by atoms with Crippen molar-refractivity contribution in [2.24, 2.45) is 11.7 Å². The Morgan fingerprint density at radius 3 is 2.56 bits per heavy atom. The van der Waals surface area contributed by atoms with Gasteiger partial charge in [0.1, 0.15) is 0 Å². The number of methoxy groups -OCH3 is 1. The normalized spacial score (nSPS) is 13.8. The summed E-state index contributed by atoms with van der Waals surface area (Å²) in [6, 6.07) is 0. The van der Waals surface area contributed by atoms with Crippen molar-refractivity contribution in [3.8, 4) is 0 Å². The molecule has 0 aromatic heterocycles. The Labute approximate surface area is 108 Å². The zero-order valence-electron chi connectivity index (χ0n) is 11.1. The summed E-state index contributed by atoms with van der Waals surface area (Å²) in [4.78, 5) is 22.4. The predicted molar refractivity (Wildman–Crippen MR) is 67.7 cm³/mol. The van der Waals surface area contributed by atoms with E-state index in [1.165, 1.54) is 7.11 Å². The largest absolute Gasteiger partial charge is 0.467 e. The number of aliphatic hydroxyl groups is 1. The number of nitrogens with two attached hydrogens (primary N) is 1. The average molecular weight is 260 g/mol. The van der Waals surface area contributed by atoms with Crippen molar-refractivity contribution < 1.29 is 19.4 Å². The molecule has 2 unspecified atom stereocenters. The second-order valence-electron chi connectivity index (χ2n) is 4.23. The monoisotopic (exact) mass is 260 g/mol. The van der Waals surface area contributed by atoms with E-state index in [0.29, 0.717) is 18.9 Å². The maximum atomic E-state index is 11.5. The average Bonchev–Trinajstić information content (AvgIpc) is 2.39. The van der Waals surface area contributed by atoms with Gasteiger partial charge in [0.25, 0.3) is 0 Å². The Hall–Kier alpha value is -1.14. The minimum atomic E-state index is -1.30. The second kappa shape index (κ2) is 9.85. The van der Waals surface area contributed by atoms with Gasteiger partial charge in [0.2, 0.25) is 5.91 Å². The third kappa shape index (κ3) is 7.24. The molecule has 0 aromatic rings. The number of aliphatic hydroxyl groups excluding tert-OH is 1. The van der Waals surface area contributed by atoms with Crippen LogP contribution in [0.25, 0.3) is 0 Å². The van der Waals surface area contributed by atoms with Crippen LogP contribution in [-0.4, -0.2) is 43.3 Å². The van der Waals surface area contributed by atoms with Crippen LogP contribution >= 0.6 is 0 Å². The number of hydrogen-bond donors (Lipinski definition) is 3. The molecule has 0 aliphatic carbocycles. The molecule has 0 heterocycles. The molecule has 0 aliphatic rings. The lowest BCUT2D eigenvalue weighted by Crippen LogP contribution is -2.37. The lowest BCUT2D eigenvalue weighted by atomic mass is 9.96. The van der Waals surface area contributed by atoms with Gasteiger partial charge in [0, 0.05) is 6.42 Å². The first-order chi connectivity index (χ1) is 8.54. The van der Waals surface area contributed by atoms with Crippen molar-refractivity contribution in [2.45, 2.75) is 38.7 Å². The first-order valence-electron chi connectivity index (χ1n) is 6.27. The molecule has 6 heteroatoms. The maximum absolute atomic E-state index is 11.5. The zero-order chi connectivity index (χ0) is 14.0. The lowest BCUT2D eigenvalue weighted by Gasteiger charge is -2.14. The highest BCUT2D eigenvalue weighted by molar-refractivity contribution is 5.78. The molecule has 106 valence electrons. The maximum Gasteiger partial charge on any atom is 0.336 e. The molecule has 18 heavy (non-hydrogen) atoms. The van der Waals surface area contributed by atoms with Gasteiger partial charge in [-0.05, 0) is 25.3 Å². The van der Waals surface area contributed by atoms with Crippen LogP contribution in [0, 0.1) is 5.92 Å². The van der Waals surface area contributed by atoms with Crippen LogP contribution in [0.5, 0.6) is 0 Å². The van der Waals surface area contributed by atoms with Crippen molar-refractivity contribution in [3.63, 3.8) is 0 Å². The molecular weight excluding hydrogens is 236 g/mol. The number of rotatable bonds is 9. The van der Waals surface area contributed by atoms with E-state index in [0.717, 1.165) is 19.3 Å². The first kappa shape index (κ1) is 16.9. The van der Waals surface area contributed by atoms with Crippen LogP contribution in [0.15, 0.2) is 0 Å². The first-order valence-corrected chi connectivity index (χ1v) is 6.27. The fourth-order valence-electron chi connectivity index (χ4n) is 1.64. The number of hydrogen-bond acceptors (Lipinski definition) is 5. The van der Waals surface area contributed by atoms with Gasteiger partial charge in [0.15, 0.2) is 6.10 Å². The Morgan fingerprint density at radius 2 is 2.06 bits per heavy atom. The van der Waals surface area contributed by atoms with Crippen LogP contribution in [0.3, 0.4) is 0 Å². The molecule has 0 aromatic carbocycles. The van der Waals surface area contributed by atoms with Crippen LogP contribution < -0.4 is 11.1 Å². The van der Waals surface area contributed by atoms with Gasteiger partial charge < -0.3 is 20.9 Å². The molecular formula is C12H24N2O4. The quantitative estimate of drug-likeness (QED) is 0.498. The Bertz CT molecular complexity index is 258. The number of nitrogens with one attached hydrogen (secondary N) is 1. The third-order valence-corrected chi connectivity index (χ3v) is 2.90. The second-order valence-corrected chi connectivity index (χ2v) is 4.23. The molecule has 0 fully saturated rings. The molecule has 0 aliphatic heterocycles. The topological polar surface area (TPSA) is 102 Å². The summed E-state index contributed by atoms with van der Waals surface area (Å²) in [5.74, 6) is -0.468. The molecule has 2 atom stereocenters. The molecule has 1 amide bonds. The van der Waals surface area contributed by atoms with Crippen LogP contribution in [0.1, 0.15) is 32.6 Å². The van der Waals surface area contributed by atoms with Gasteiger partial charge >= 0.3 is 5.97 Å². The fourth-order valence-corrected chi connectivity index (χ4v) is 1.64. The van der Waals surface area contributed by atoms with Gasteiger partial charge in [-0.25, -0.2) is 4.79 Å². The van der Waals surface area contributed by atoms with Gasteiger partial charge in [-0.1, -0.05) is 13.3 Å². The molecule has 6 nitrogen and oxygen atoms in total. The van der Waals surface area contributed by atoms with E-state index < -0.39 is 12.1 Å². The summed E-state index contributed by atoms with van der Waals surface area (Å²) < 4.78 is 4.34. The van der Waals surface area contributed by atoms with Gasteiger partial charge in [0.05, 0.1) is 13.7 Å². The summed E-state index contributed by atoms with van der Waals surface area (Å²) >= 11 is 0. The molecule has 0 saturated carbocycles. The minimum absolute atomic E-state index is 0.112. The number of amides is 1. The number of ether oxygens (including phenoxy) is 1. The van der Waals surface area contributed by atoms with E-state index >= 15 is 0 Å². The standard InChI is InChI=1S/C12H24N2O4/c1-3-9(6-7-13)4-5-11(16)14-8-10(15)12(17)18-2/h9-10,15H,3-8,13H2,1-2H3,(H,14,16). The van der Waals surface area contributed by atoms with E-state index in [1.807, 2.05) is 0 Å². The van der Waals surface area contributed by atoms with E-state index in [4.69, 9.17) is 5.73 Å². The fraction of sp³-hybridized carbons (Fsp3) is 0.833. The molecule has 0 rings (SSSR count). The number of carbonyl (C=O) groups is 2. The molecule has 0 radical (unpaired) electrons. The van der Waals surface area contributed by atoms with Crippen LogP contribution in [0.4, 0.5) is 0 Å². The summed E-state index contributed by atoms with van der Waals surface area (Å²) in [5, 5.41) is 11.8. The lowest BCUT2D eigenvalue weighted by molar-refractivity contribution is -0.150. The van der Waals surface area contributed by atoms with Crippen molar-refractivity contribution in [1.29, 1.82) is 0 Å². The summed E-state index contributed by atoms with van der Waals surface area (Å²) in [6.07, 6.45) is 1.76. The number of esters is 1. The molecule has 4 N–H and O–H groups in total. The van der Waals surface area contributed by atoms with Crippen LogP contribution in [-0.2, 0) is 14.3 Å². The van der Waals surface area contributed by atoms with Crippen molar-refractivity contribution in [1.82, 2.24) is 5.32 Å². The van der Waals surface area contributed by atoms with Gasteiger partial charge in [-0.15, -0.1) is 0 Å². The zero-order valence-corrected chi connectivity index (χ0v) is 11.1. The van der Waals surface area contributed by atoms with Crippen molar-refractivity contribution in [2.75, 3.05) is 20.2 Å². The van der Waals surface area contributed by atoms with Crippen molar-refractivity contribution in [3.05, 3.63) is 0 Å². The van der Waals surface area contributed by atoms with Crippen molar-refractivity contribution >= 4 is 11.9 Å². The highest BCUT2D eigenvalue weighted by Crippen LogP contribution is 2.14. The van der Waals surface area contributed by atoms with Gasteiger partial charge in [-0.2, -0.15) is 0 Å². The molecule has 0 spiro atoms. The third-order valence-electron chi connectivity index (χ3n) is 2.90. The Balaban J connectivity index is 3.80. The Morgan fingerprint density at radius 1 is 1.39 bits per heavy atom. The summed E-state index contributed by atoms with van der Waals surface area (Å²) in [6.45, 7) is 2.58. The van der Waals surface area contributed by atoms with Crippen LogP contribution in [0.2, 0.25) is 0 Å². The van der Waals surface area contributed by atoms with E-state index in [-0.39, 0.29) is 12.5 Å². The highest BCUT2D eigenvalue weighted by atomic mass is 16.5. The Kier molecular flexibility index (Phi) is 9.22. The molecule has 0 saturated heterocycles. The molecule has 0 bridgehead atoms. The van der Waals surface area contributed by atoms with Gasteiger partial charge in [-0.3, -0.25) is 4.79 Å². The van der Waals surface area contributed by atoms with E-state index in [9.17, 15) is 14.7 Å². The van der Waals surface area contributed by atoms with E-state index in [2.05, 4.69) is 17.0 Å². The number of carbonyl (C=O) groups excluding carboxylic acids is 2. The predicted octanol–water partition coefficient (Wildman–Crippen LogP) is -0.208. The minimum Gasteiger partial charge on any atom is -0.467 e. The summed E-state index contributed by atoms with van der Waals surface area (Å²) in [5.41, 5.74) is 5.47. The SMILES string of the molecule is CCC(CCN)CCC(=O)NCC(O)C(=O)OC. The van der Waals surface area contributed by atoms with E-state index in [1.54, 1.807) is 0 Å². The highest BCUT2D eigenvalue weighted by Gasteiger charge is 2.16. The summed E-state index contributed by atoms with van der Waals surface area (Å²) in [7, 11) is 1.19. The smallest absolute Gasteiger partial charge is 0.336 e.